The maximum Gasteiger partial charge on any atom is 0.218 e. The monoisotopic (exact) mass is 111 g/mol. The number of hydrogen-bond acceptors (Lipinski definition) is 0. The van der Waals surface area contributed by atoms with Gasteiger partial charge in [0, 0.05) is 0 Å². The van der Waals surface area contributed by atoms with Gasteiger partial charge in [-0.2, -0.15) is 0 Å². The van der Waals surface area contributed by atoms with Crippen LogP contribution in [0.4, 0.5) is 4.39 Å². The first-order chi connectivity index (χ1) is 2.83. The lowest BCUT2D eigenvalue weighted by atomic mass is 10.6. The van der Waals surface area contributed by atoms with Crippen molar-refractivity contribution in [2.45, 2.75) is 20.3 Å². The summed E-state index contributed by atoms with van der Waals surface area (Å²) < 4.78 is 9.93. The van der Waals surface area contributed by atoms with Crippen LogP contribution in [0.1, 0.15) is 20.3 Å². The van der Waals surface area contributed by atoms with Crippen LogP contribution in [0.2, 0.25) is 0 Å². The van der Waals surface area contributed by atoms with Gasteiger partial charge in [-0.25, -0.2) is 4.39 Å². The summed E-state index contributed by atoms with van der Waals surface area (Å²) in [5.41, 5.74) is 0. The van der Waals surface area contributed by atoms with Crippen LogP contribution in [-0.2, 0) is 0 Å². The van der Waals surface area contributed by atoms with Gasteiger partial charge in [0.1, 0.15) is 0 Å². The molecule has 39 valence electrons. The zero-order valence-corrected chi connectivity index (χ0v) is 4.80. The lowest BCUT2D eigenvalue weighted by Gasteiger charge is -1.48. The fourth-order valence-corrected chi connectivity index (χ4v) is 0. The standard InChI is InChI=1S/C3H8.CHClF/c1-3-2;2-1-3/h3H2,1-2H3;1H. The summed E-state index contributed by atoms with van der Waals surface area (Å²) in [5, 5.41) is 0. The Balaban J connectivity index is 0. The molecule has 0 saturated heterocycles. The van der Waals surface area contributed by atoms with Crippen LogP contribution in [-0.4, -0.2) is 0 Å². The summed E-state index contributed by atoms with van der Waals surface area (Å²) in [6.07, 6.45) is 1.22. The molecule has 0 N–H and O–H groups in total. The Morgan fingerprint density at radius 3 is 1.67 bits per heavy atom. The number of hydrogen-bond donors (Lipinski definition) is 0. The maximum absolute atomic E-state index is 9.93. The van der Waals surface area contributed by atoms with Gasteiger partial charge in [0.25, 0.3) is 0 Å². The lowest BCUT2D eigenvalue weighted by molar-refractivity contribution is 0.685. The van der Waals surface area contributed by atoms with Crippen LogP contribution in [0.25, 0.3) is 0 Å². The Morgan fingerprint density at radius 1 is 1.67 bits per heavy atom. The van der Waals surface area contributed by atoms with Gasteiger partial charge in [0.15, 0.2) is 0 Å². The SMILES string of the molecule is CCC.F[CH]Cl. The highest BCUT2D eigenvalue weighted by Gasteiger charge is 1.46. The van der Waals surface area contributed by atoms with Gasteiger partial charge in [-0.3, -0.25) is 0 Å². The zero-order valence-electron chi connectivity index (χ0n) is 4.04. The van der Waals surface area contributed by atoms with Gasteiger partial charge in [-0.05, 0) is 0 Å². The smallest absolute Gasteiger partial charge is 0.218 e. The minimum absolute atomic E-state index is 0.0278. The van der Waals surface area contributed by atoms with Crippen molar-refractivity contribution in [2.75, 3.05) is 0 Å². The van der Waals surface area contributed by atoms with Crippen LogP contribution in [0, 0.1) is 6.13 Å². The van der Waals surface area contributed by atoms with Crippen molar-refractivity contribution in [2.24, 2.45) is 0 Å². The molecule has 0 bridgehead atoms. The van der Waals surface area contributed by atoms with Gasteiger partial charge in [-0.1, -0.05) is 31.9 Å². The first-order valence-electron chi connectivity index (χ1n) is 1.85. The summed E-state index contributed by atoms with van der Waals surface area (Å²) in [6, 6.07) is 0. The molecule has 2 heteroatoms. The van der Waals surface area contributed by atoms with E-state index < -0.39 is 0 Å². The van der Waals surface area contributed by atoms with E-state index in [0.717, 1.165) is 0 Å². The molecule has 0 aliphatic rings. The summed E-state index contributed by atoms with van der Waals surface area (Å²) in [5.74, 6) is 0. The average molecular weight is 112 g/mol. The molecule has 0 amide bonds. The van der Waals surface area contributed by atoms with Gasteiger partial charge >= 0.3 is 0 Å². The second-order valence-electron chi connectivity index (χ2n) is 0.790. The van der Waals surface area contributed by atoms with Crippen molar-refractivity contribution in [3.8, 4) is 0 Å². The highest BCUT2D eigenvalue weighted by atomic mass is 35.5. The van der Waals surface area contributed by atoms with Gasteiger partial charge < -0.3 is 0 Å². The molecular weight excluding hydrogens is 102 g/mol. The molecule has 0 saturated carbocycles. The molecule has 0 heterocycles. The van der Waals surface area contributed by atoms with E-state index in [1.165, 1.54) is 6.42 Å². The van der Waals surface area contributed by atoms with Gasteiger partial charge in [-0.15, -0.1) is 0 Å². The van der Waals surface area contributed by atoms with Crippen molar-refractivity contribution < 1.29 is 4.39 Å². The summed E-state index contributed by atoms with van der Waals surface area (Å²) in [4.78, 5) is 0. The predicted octanol–water partition coefficient (Wildman–Crippen LogP) is 2.73. The quantitative estimate of drug-likeness (QED) is 0.451. The molecule has 0 atom stereocenters. The van der Waals surface area contributed by atoms with Crippen LogP contribution in [0.15, 0.2) is 0 Å². The highest BCUT2D eigenvalue weighted by molar-refractivity contribution is 6.21. The van der Waals surface area contributed by atoms with E-state index >= 15 is 0 Å². The zero-order chi connectivity index (χ0) is 5.41. The third kappa shape index (κ3) is 904. The van der Waals surface area contributed by atoms with Crippen molar-refractivity contribution in [3.05, 3.63) is 6.13 Å². The van der Waals surface area contributed by atoms with E-state index in [0.29, 0.717) is 0 Å². The van der Waals surface area contributed by atoms with Crippen LogP contribution in [0.3, 0.4) is 0 Å². The number of halogens is 2. The Bertz CT molecular complexity index is 9.51. The van der Waals surface area contributed by atoms with Crippen molar-refractivity contribution in [1.82, 2.24) is 0 Å². The van der Waals surface area contributed by atoms with Crippen LogP contribution in [0.5, 0.6) is 0 Å². The predicted molar refractivity (Wildman–Crippen MR) is 27.2 cm³/mol. The van der Waals surface area contributed by atoms with E-state index in [9.17, 15) is 4.39 Å². The number of rotatable bonds is 0. The molecule has 0 aliphatic heterocycles. The minimum atomic E-state index is -0.0278. The van der Waals surface area contributed by atoms with Crippen LogP contribution >= 0.6 is 11.6 Å². The molecular formula is C4H9ClF. The third-order valence-electron chi connectivity index (χ3n) is 0. The largest absolute Gasteiger partial charge is 0.225 e. The molecule has 0 rings (SSSR count). The van der Waals surface area contributed by atoms with Gasteiger partial charge in [0.2, 0.25) is 6.13 Å². The fourth-order valence-electron chi connectivity index (χ4n) is 0. The van der Waals surface area contributed by atoms with E-state index in [4.69, 9.17) is 0 Å². The molecule has 0 unspecified atom stereocenters. The molecule has 0 aliphatic carbocycles. The molecule has 0 aromatic carbocycles. The Morgan fingerprint density at radius 2 is 1.67 bits per heavy atom. The van der Waals surface area contributed by atoms with Crippen molar-refractivity contribution in [1.29, 1.82) is 0 Å². The first-order valence-corrected chi connectivity index (χ1v) is 2.29. The summed E-state index contributed by atoms with van der Waals surface area (Å²) in [7, 11) is 0. The highest BCUT2D eigenvalue weighted by Crippen LogP contribution is 1.76. The maximum atomic E-state index is 9.93. The molecule has 1 radical (unpaired) electrons. The Hall–Kier alpha value is 0.220. The molecule has 6 heavy (non-hydrogen) atoms. The lowest BCUT2D eigenvalue weighted by Crippen LogP contribution is -1.27. The topological polar surface area (TPSA) is 0 Å². The summed E-state index contributed by atoms with van der Waals surface area (Å²) >= 11 is 4.21. The molecule has 0 nitrogen and oxygen atoms in total. The average Bonchev–Trinajstić information content (AvgIpc) is 1.39. The van der Waals surface area contributed by atoms with E-state index in [1.807, 2.05) is 0 Å². The first kappa shape index (κ1) is 9.52. The minimum Gasteiger partial charge on any atom is -0.225 e. The summed E-state index contributed by atoms with van der Waals surface area (Å²) in [6.45, 7) is 4.25. The molecule has 0 spiro atoms. The molecule has 0 fully saturated rings. The van der Waals surface area contributed by atoms with Crippen LogP contribution < -0.4 is 0 Å². The normalized spacial score (nSPS) is 6.00. The van der Waals surface area contributed by atoms with Crippen molar-refractivity contribution >= 4 is 11.6 Å². The third-order valence-corrected chi connectivity index (χ3v) is 0. The second kappa shape index (κ2) is 18.9. The van der Waals surface area contributed by atoms with Gasteiger partial charge in [0.05, 0.1) is 0 Å². The van der Waals surface area contributed by atoms with Crippen molar-refractivity contribution in [3.63, 3.8) is 0 Å². The van der Waals surface area contributed by atoms with E-state index in [1.54, 1.807) is 0 Å². The van der Waals surface area contributed by atoms with E-state index in [2.05, 4.69) is 25.4 Å². The molecule has 0 aromatic heterocycles. The Kier molecular flexibility index (Phi) is 29.9. The Labute approximate surface area is 43.3 Å². The fraction of sp³-hybridized carbons (Fsp3) is 0.750. The van der Waals surface area contributed by atoms with E-state index in [-0.39, 0.29) is 6.13 Å². The second-order valence-corrected chi connectivity index (χ2v) is 0.955. The molecule has 0 aromatic rings.